The molecule has 0 aliphatic carbocycles. The molecule has 0 saturated carbocycles. The summed E-state index contributed by atoms with van der Waals surface area (Å²) in [5.74, 6) is -0.606. The molecule has 0 spiro atoms. The van der Waals surface area contributed by atoms with Crippen LogP contribution in [0.2, 0.25) is 10.2 Å². The summed E-state index contributed by atoms with van der Waals surface area (Å²) in [6, 6.07) is 8.17. The van der Waals surface area contributed by atoms with Gasteiger partial charge in [-0.2, -0.15) is 0 Å². The number of pyridine rings is 1. The van der Waals surface area contributed by atoms with E-state index in [0.29, 0.717) is 5.02 Å². The minimum Gasteiger partial charge on any atom is -0.348 e. The minimum absolute atomic E-state index is 0.137. The van der Waals surface area contributed by atoms with E-state index in [0.717, 1.165) is 5.56 Å². The standard InChI is InChI=1S/C13H9Cl2N3O3/c14-9-3-1-2-8(6-9)7-17-13(19)10-4-5-16-12(15)11(10)18(20)21/h1-6H,7H2,(H,17,19). The van der Waals surface area contributed by atoms with Crippen LogP contribution >= 0.6 is 23.2 Å². The van der Waals surface area contributed by atoms with Crippen LogP contribution < -0.4 is 5.32 Å². The number of rotatable bonds is 4. The molecule has 8 heteroatoms. The second kappa shape index (κ2) is 6.51. The van der Waals surface area contributed by atoms with Crippen molar-refractivity contribution in [3.63, 3.8) is 0 Å². The summed E-state index contributed by atoms with van der Waals surface area (Å²) < 4.78 is 0. The van der Waals surface area contributed by atoms with Crippen molar-refractivity contribution in [2.45, 2.75) is 6.54 Å². The molecule has 2 aromatic rings. The van der Waals surface area contributed by atoms with Crippen LogP contribution in [-0.2, 0) is 6.54 Å². The van der Waals surface area contributed by atoms with Gasteiger partial charge in [0.25, 0.3) is 5.91 Å². The molecule has 0 atom stereocenters. The molecule has 6 nitrogen and oxygen atoms in total. The van der Waals surface area contributed by atoms with Gasteiger partial charge in [0, 0.05) is 17.8 Å². The van der Waals surface area contributed by atoms with Crippen LogP contribution in [0.4, 0.5) is 5.69 Å². The molecule has 0 aliphatic rings. The third kappa shape index (κ3) is 3.68. The second-order valence-electron chi connectivity index (χ2n) is 4.07. The predicted molar refractivity (Wildman–Crippen MR) is 78.5 cm³/mol. The largest absolute Gasteiger partial charge is 0.348 e. The van der Waals surface area contributed by atoms with Crippen LogP contribution in [0.25, 0.3) is 0 Å². The Balaban J connectivity index is 2.18. The molecule has 0 aliphatic heterocycles. The van der Waals surface area contributed by atoms with Gasteiger partial charge in [-0.3, -0.25) is 14.9 Å². The van der Waals surface area contributed by atoms with Gasteiger partial charge in [0.1, 0.15) is 5.56 Å². The Morgan fingerprint density at radius 1 is 1.33 bits per heavy atom. The van der Waals surface area contributed by atoms with E-state index in [9.17, 15) is 14.9 Å². The fourth-order valence-corrected chi connectivity index (χ4v) is 2.15. The topological polar surface area (TPSA) is 85.1 Å². The van der Waals surface area contributed by atoms with E-state index in [-0.39, 0.29) is 17.3 Å². The number of nitrogens with zero attached hydrogens (tertiary/aromatic N) is 2. The molecular formula is C13H9Cl2N3O3. The fourth-order valence-electron chi connectivity index (χ4n) is 1.71. The average Bonchev–Trinajstić information content (AvgIpc) is 2.44. The van der Waals surface area contributed by atoms with Crippen molar-refractivity contribution in [1.29, 1.82) is 0 Å². The molecule has 1 heterocycles. The van der Waals surface area contributed by atoms with Gasteiger partial charge in [0.15, 0.2) is 0 Å². The first-order valence-corrected chi connectivity index (χ1v) is 6.56. The average molecular weight is 326 g/mol. The minimum atomic E-state index is -0.733. The number of hydrogen-bond donors (Lipinski definition) is 1. The number of aromatic nitrogens is 1. The lowest BCUT2D eigenvalue weighted by atomic mass is 10.2. The molecule has 1 aromatic heterocycles. The lowest BCUT2D eigenvalue weighted by Gasteiger charge is -2.06. The molecule has 21 heavy (non-hydrogen) atoms. The lowest BCUT2D eigenvalue weighted by molar-refractivity contribution is -0.385. The van der Waals surface area contributed by atoms with Gasteiger partial charge in [0.2, 0.25) is 5.15 Å². The van der Waals surface area contributed by atoms with Crippen LogP contribution in [0.5, 0.6) is 0 Å². The summed E-state index contributed by atoms with van der Waals surface area (Å²) in [4.78, 5) is 25.9. The van der Waals surface area contributed by atoms with Gasteiger partial charge in [-0.15, -0.1) is 0 Å². The van der Waals surface area contributed by atoms with E-state index in [4.69, 9.17) is 23.2 Å². The Labute approximate surface area is 129 Å². The Hall–Kier alpha value is -2.18. The fraction of sp³-hybridized carbons (Fsp3) is 0.0769. The first-order valence-electron chi connectivity index (χ1n) is 5.80. The van der Waals surface area contributed by atoms with Crippen molar-refractivity contribution in [1.82, 2.24) is 10.3 Å². The summed E-state index contributed by atoms with van der Waals surface area (Å²) >= 11 is 11.5. The lowest BCUT2D eigenvalue weighted by Crippen LogP contribution is -2.23. The SMILES string of the molecule is O=C(NCc1cccc(Cl)c1)c1ccnc(Cl)c1[N+](=O)[O-]. The van der Waals surface area contributed by atoms with E-state index in [1.54, 1.807) is 24.3 Å². The number of nitro groups is 1. The quantitative estimate of drug-likeness (QED) is 0.531. The number of carbonyl (C=O) groups excluding carboxylic acids is 1. The molecule has 0 radical (unpaired) electrons. The molecule has 0 unspecified atom stereocenters. The normalized spacial score (nSPS) is 10.2. The van der Waals surface area contributed by atoms with Crippen LogP contribution in [0.3, 0.4) is 0 Å². The Morgan fingerprint density at radius 3 is 2.76 bits per heavy atom. The highest BCUT2D eigenvalue weighted by Crippen LogP contribution is 2.25. The third-order valence-corrected chi connectivity index (χ3v) is 3.16. The van der Waals surface area contributed by atoms with E-state index in [1.807, 2.05) is 0 Å². The molecule has 108 valence electrons. The maximum atomic E-state index is 12.0. The molecule has 1 N–H and O–H groups in total. The Bertz CT molecular complexity index is 707. The van der Waals surface area contributed by atoms with Crippen molar-refractivity contribution in [2.24, 2.45) is 0 Å². The maximum absolute atomic E-state index is 12.0. The highest BCUT2D eigenvalue weighted by Gasteiger charge is 2.24. The summed E-state index contributed by atoms with van der Waals surface area (Å²) in [5, 5.41) is 13.7. The highest BCUT2D eigenvalue weighted by atomic mass is 35.5. The first-order chi connectivity index (χ1) is 9.99. The van der Waals surface area contributed by atoms with E-state index in [2.05, 4.69) is 10.3 Å². The van der Waals surface area contributed by atoms with E-state index < -0.39 is 16.5 Å². The predicted octanol–water partition coefficient (Wildman–Crippen LogP) is 3.23. The van der Waals surface area contributed by atoms with Gasteiger partial charge in [0.05, 0.1) is 4.92 Å². The molecule has 1 aromatic carbocycles. The molecule has 0 saturated heterocycles. The van der Waals surface area contributed by atoms with E-state index >= 15 is 0 Å². The monoisotopic (exact) mass is 325 g/mol. The third-order valence-electron chi connectivity index (χ3n) is 2.65. The second-order valence-corrected chi connectivity index (χ2v) is 4.86. The maximum Gasteiger partial charge on any atom is 0.319 e. The summed E-state index contributed by atoms with van der Waals surface area (Å²) in [7, 11) is 0. The zero-order valence-corrected chi connectivity index (χ0v) is 12.1. The highest BCUT2D eigenvalue weighted by molar-refractivity contribution is 6.32. The molecular weight excluding hydrogens is 317 g/mol. The van der Waals surface area contributed by atoms with Crippen molar-refractivity contribution >= 4 is 34.8 Å². The Kier molecular flexibility index (Phi) is 4.72. The summed E-state index contributed by atoms with van der Waals surface area (Å²) in [6.07, 6.45) is 1.24. The zero-order valence-electron chi connectivity index (χ0n) is 10.5. The van der Waals surface area contributed by atoms with Gasteiger partial charge < -0.3 is 5.32 Å². The number of benzene rings is 1. The summed E-state index contributed by atoms with van der Waals surface area (Å²) in [5.41, 5.74) is 0.128. The van der Waals surface area contributed by atoms with Crippen LogP contribution in [0.1, 0.15) is 15.9 Å². The Morgan fingerprint density at radius 2 is 2.10 bits per heavy atom. The molecule has 1 amide bonds. The summed E-state index contributed by atoms with van der Waals surface area (Å²) in [6.45, 7) is 0.191. The van der Waals surface area contributed by atoms with Gasteiger partial charge in [-0.1, -0.05) is 35.3 Å². The smallest absolute Gasteiger partial charge is 0.319 e. The number of amides is 1. The first kappa shape index (κ1) is 15.2. The molecule has 2 rings (SSSR count). The van der Waals surface area contributed by atoms with Crippen molar-refractivity contribution < 1.29 is 9.72 Å². The van der Waals surface area contributed by atoms with Crippen LogP contribution in [-0.4, -0.2) is 15.8 Å². The van der Waals surface area contributed by atoms with Crippen molar-refractivity contribution in [3.8, 4) is 0 Å². The number of hydrogen-bond acceptors (Lipinski definition) is 4. The van der Waals surface area contributed by atoms with Crippen LogP contribution in [0, 0.1) is 10.1 Å². The van der Waals surface area contributed by atoms with Crippen molar-refractivity contribution in [3.05, 3.63) is 67.9 Å². The number of nitrogens with one attached hydrogen (secondary N) is 1. The van der Waals surface area contributed by atoms with Crippen molar-refractivity contribution in [2.75, 3.05) is 0 Å². The van der Waals surface area contributed by atoms with Gasteiger partial charge in [-0.25, -0.2) is 4.98 Å². The van der Waals surface area contributed by atoms with Gasteiger partial charge >= 0.3 is 5.69 Å². The molecule has 0 fully saturated rings. The van der Waals surface area contributed by atoms with E-state index in [1.165, 1.54) is 12.3 Å². The number of halogens is 2. The molecule has 0 bridgehead atoms. The number of carbonyl (C=O) groups is 1. The van der Waals surface area contributed by atoms with Crippen LogP contribution in [0.15, 0.2) is 36.5 Å². The zero-order chi connectivity index (χ0) is 15.4. The van der Waals surface area contributed by atoms with Gasteiger partial charge in [-0.05, 0) is 23.8 Å².